The van der Waals surface area contributed by atoms with Crippen LogP contribution in [0.1, 0.15) is 39.5 Å². The van der Waals surface area contributed by atoms with Crippen molar-refractivity contribution in [2.75, 3.05) is 6.54 Å². The Kier molecular flexibility index (Phi) is 3.31. The third kappa shape index (κ3) is 2.69. The highest BCUT2D eigenvalue weighted by molar-refractivity contribution is 5.76. The summed E-state index contributed by atoms with van der Waals surface area (Å²) in [5.74, 6) is 0.0995. The van der Waals surface area contributed by atoms with Crippen molar-refractivity contribution < 1.29 is 4.79 Å². The highest BCUT2D eigenvalue weighted by Gasteiger charge is 2.34. The molecule has 1 rings (SSSR count). The van der Waals surface area contributed by atoms with Crippen molar-refractivity contribution in [3.63, 3.8) is 0 Å². The average Bonchev–Trinajstić information content (AvgIpc) is 2.31. The van der Waals surface area contributed by atoms with E-state index >= 15 is 0 Å². The first-order valence-corrected chi connectivity index (χ1v) is 5.06. The largest absolute Gasteiger partial charge is 0.353 e. The van der Waals surface area contributed by atoms with Gasteiger partial charge in [0.15, 0.2) is 0 Å². The Hall–Kier alpha value is -0.570. The van der Waals surface area contributed by atoms with Crippen LogP contribution in [0.5, 0.6) is 0 Å². The van der Waals surface area contributed by atoms with E-state index in [-0.39, 0.29) is 11.3 Å². The summed E-state index contributed by atoms with van der Waals surface area (Å²) < 4.78 is 0. The smallest absolute Gasteiger partial charge is 0.221 e. The Morgan fingerprint density at radius 1 is 1.62 bits per heavy atom. The Bertz CT molecular complexity index is 189. The molecule has 3 nitrogen and oxygen atoms in total. The minimum absolute atomic E-state index is 0.0995. The predicted molar refractivity (Wildman–Crippen MR) is 53.2 cm³/mol. The lowest BCUT2D eigenvalue weighted by atomic mass is 9.87. The minimum atomic E-state index is 0.0995. The van der Waals surface area contributed by atoms with Crippen molar-refractivity contribution in [1.29, 1.82) is 0 Å². The van der Waals surface area contributed by atoms with Gasteiger partial charge >= 0.3 is 0 Å². The summed E-state index contributed by atoms with van der Waals surface area (Å²) in [5.41, 5.74) is 5.58. The van der Waals surface area contributed by atoms with Crippen molar-refractivity contribution in [2.45, 2.75) is 45.6 Å². The van der Waals surface area contributed by atoms with Crippen LogP contribution in [0.3, 0.4) is 0 Å². The van der Waals surface area contributed by atoms with Crippen LogP contribution in [0.15, 0.2) is 0 Å². The Labute approximate surface area is 80.1 Å². The normalized spacial score (nSPS) is 25.9. The highest BCUT2D eigenvalue weighted by atomic mass is 16.1. The third-order valence-corrected chi connectivity index (χ3v) is 2.96. The molecule has 1 saturated carbocycles. The van der Waals surface area contributed by atoms with Crippen LogP contribution in [0.2, 0.25) is 0 Å². The van der Waals surface area contributed by atoms with Gasteiger partial charge in [0.05, 0.1) is 0 Å². The molecule has 0 aromatic carbocycles. The van der Waals surface area contributed by atoms with Crippen LogP contribution in [0.25, 0.3) is 0 Å². The quantitative estimate of drug-likeness (QED) is 0.688. The number of rotatable bonds is 3. The van der Waals surface area contributed by atoms with Crippen molar-refractivity contribution in [1.82, 2.24) is 5.32 Å². The highest BCUT2D eigenvalue weighted by Crippen LogP contribution is 2.37. The molecule has 0 aromatic rings. The van der Waals surface area contributed by atoms with Gasteiger partial charge in [-0.15, -0.1) is 0 Å². The van der Waals surface area contributed by atoms with Crippen molar-refractivity contribution in [2.24, 2.45) is 11.1 Å². The monoisotopic (exact) mass is 184 g/mol. The van der Waals surface area contributed by atoms with Gasteiger partial charge in [0.1, 0.15) is 0 Å². The molecule has 0 bridgehead atoms. The summed E-state index contributed by atoms with van der Waals surface area (Å²) >= 11 is 0. The maximum atomic E-state index is 11.3. The molecule has 1 amide bonds. The molecular formula is C10H20N2O. The summed E-state index contributed by atoms with van der Waals surface area (Å²) in [6.07, 6.45) is 4.00. The molecular weight excluding hydrogens is 164 g/mol. The van der Waals surface area contributed by atoms with Crippen molar-refractivity contribution in [3.8, 4) is 0 Å². The fourth-order valence-corrected chi connectivity index (χ4v) is 1.99. The zero-order valence-electron chi connectivity index (χ0n) is 8.60. The summed E-state index contributed by atoms with van der Waals surface area (Å²) in [4.78, 5) is 11.3. The van der Waals surface area contributed by atoms with Crippen LogP contribution in [-0.2, 0) is 4.79 Å². The number of hydrogen-bond acceptors (Lipinski definition) is 2. The van der Waals surface area contributed by atoms with Crippen LogP contribution >= 0.6 is 0 Å². The second-order valence-corrected chi connectivity index (χ2v) is 4.54. The van der Waals surface area contributed by atoms with Crippen LogP contribution in [0, 0.1) is 5.41 Å². The molecule has 76 valence electrons. The zero-order valence-corrected chi connectivity index (χ0v) is 8.60. The number of nitrogens with two attached hydrogens (primary N) is 1. The van der Waals surface area contributed by atoms with E-state index in [1.165, 1.54) is 12.8 Å². The molecule has 1 aliphatic rings. The van der Waals surface area contributed by atoms with E-state index < -0.39 is 0 Å². The molecule has 0 aliphatic heterocycles. The maximum Gasteiger partial charge on any atom is 0.221 e. The molecule has 3 N–H and O–H groups in total. The van der Waals surface area contributed by atoms with Crippen LogP contribution in [0.4, 0.5) is 0 Å². The lowest BCUT2D eigenvalue weighted by Crippen LogP contribution is -2.42. The van der Waals surface area contributed by atoms with Gasteiger partial charge in [-0.1, -0.05) is 20.3 Å². The summed E-state index contributed by atoms with van der Waals surface area (Å²) in [7, 11) is 0. The molecule has 13 heavy (non-hydrogen) atoms. The van der Waals surface area contributed by atoms with E-state index in [1.807, 2.05) is 0 Å². The van der Waals surface area contributed by atoms with Crippen LogP contribution < -0.4 is 11.1 Å². The second kappa shape index (κ2) is 4.09. The molecule has 0 aromatic heterocycles. The van der Waals surface area contributed by atoms with E-state index in [0.717, 1.165) is 6.42 Å². The number of carbonyl (C=O) groups excluding carboxylic acids is 1. The van der Waals surface area contributed by atoms with Gasteiger partial charge in [-0.3, -0.25) is 4.79 Å². The lowest BCUT2D eigenvalue weighted by molar-refractivity contribution is -0.122. The molecule has 0 heterocycles. The van der Waals surface area contributed by atoms with E-state index in [0.29, 0.717) is 19.0 Å². The topological polar surface area (TPSA) is 55.1 Å². The van der Waals surface area contributed by atoms with Gasteiger partial charge in [-0.25, -0.2) is 0 Å². The van der Waals surface area contributed by atoms with Gasteiger partial charge < -0.3 is 11.1 Å². The Balaban J connectivity index is 2.40. The Morgan fingerprint density at radius 2 is 2.31 bits per heavy atom. The number of carbonyl (C=O) groups is 1. The summed E-state index contributed by atoms with van der Waals surface area (Å²) in [6, 6.07) is 0.353. The molecule has 1 aliphatic carbocycles. The number of amides is 1. The average molecular weight is 184 g/mol. The van der Waals surface area contributed by atoms with E-state index in [2.05, 4.69) is 19.2 Å². The molecule has 3 heteroatoms. The van der Waals surface area contributed by atoms with Crippen molar-refractivity contribution in [3.05, 3.63) is 0 Å². The van der Waals surface area contributed by atoms with Gasteiger partial charge in [-0.2, -0.15) is 0 Å². The van der Waals surface area contributed by atoms with Gasteiger partial charge in [0.25, 0.3) is 0 Å². The molecule has 0 saturated heterocycles. The third-order valence-electron chi connectivity index (χ3n) is 2.96. The van der Waals surface area contributed by atoms with Crippen molar-refractivity contribution >= 4 is 5.91 Å². The number of hydrogen-bond donors (Lipinski definition) is 2. The second-order valence-electron chi connectivity index (χ2n) is 4.54. The summed E-state index contributed by atoms with van der Waals surface area (Å²) in [6.45, 7) is 4.87. The van der Waals surface area contributed by atoms with Gasteiger partial charge in [0.2, 0.25) is 5.91 Å². The first-order valence-electron chi connectivity index (χ1n) is 5.06. The predicted octanol–water partition coefficient (Wildman–Crippen LogP) is 1.03. The zero-order chi connectivity index (χ0) is 9.90. The van der Waals surface area contributed by atoms with E-state index in [4.69, 9.17) is 5.73 Å². The van der Waals surface area contributed by atoms with E-state index in [1.54, 1.807) is 0 Å². The fourth-order valence-electron chi connectivity index (χ4n) is 1.99. The molecule has 0 radical (unpaired) electrons. The fraction of sp³-hybridized carbons (Fsp3) is 0.900. The van der Waals surface area contributed by atoms with Crippen LogP contribution in [-0.4, -0.2) is 18.5 Å². The molecule has 1 atom stereocenters. The summed E-state index contributed by atoms with van der Waals surface area (Å²) in [5, 5.41) is 3.05. The number of nitrogens with one attached hydrogen (secondary N) is 1. The lowest BCUT2D eigenvalue weighted by Gasteiger charge is -2.27. The standard InChI is InChI=1S/C10H20N2O/c1-10(2)6-3-4-8(10)12-9(13)5-7-11/h8H,3-7,11H2,1-2H3,(H,12,13). The SMILES string of the molecule is CC1(C)CCCC1NC(=O)CCN. The molecule has 1 fully saturated rings. The van der Waals surface area contributed by atoms with Gasteiger partial charge in [-0.05, 0) is 18.3 Å². The maximum absolute atomic E-state index is 11.3. The molecule has 1 unspecified atom stereocenters. The van der Waals surface area contributed by atoms with E-state index in [9.17, 15) is 4.79 Å². The minimum Gasteiger partial charge on any atom is -0.353 e. The first-order chi connectivity index (χ1) is 6.06. The molecule has 0 spiro atoms. The first kappa shape index (κ1) is 10.5. The Morgan fingerprint density at radius 3 is 2.77 bits per heavy atom. The van der Waals surface area contributed by atoms with Gasteiger partial charge in [0, 0.05) is 19.0 Å².